The number of halogens is 1. The van der Waals surface area contributed by atoms with Crippen molar-refractivity contribution in [2.24, 2.45) is 0 Å². The smallest absolute Gasteiger partial charge is 0.254 e. The molecule has 6 heteroatoms. The number of nitrogen functional groups attached to an aromatic ring is 1. The van der Waals surface area contributed by atoms with Crippen LogP contribution in [0.15, 0.2) is 30.5 Å². The van der Waals surface area contributed by atoms with Crippen LogP contribution in [0.25, 0.3) is 0 Å². The largest absolute Gasteiger partial charge is 0.384 e. The lowest BCUT2D eigenvalue weighted by Crippen LogP contribution is -2.24. The Morgan fingerprint density at radius 3 is 2.88 bits per heavy atom. The third kappa shape index (κ3) is 2.41. The van der Waals surface area contributed by atoms with Crippen molar-refractivity contribution < 1.29 is 9.18 Å². The van der Waals surface area contributed by atoms with Crippen LogP contribution in [-0.2, 0) is 6.54 Å². The van der Waals surface area contributed by atoms with Crippen molar-refractivity contribution in [2.45, 2.75) is 6.54 Å². The first-order valence-corrected chi connectivity index (χ1v) is 4.99. The maximum atomic E-state index is 13.3. The molecule has 0 fully saturated rings. The Labute approximate surface area is 96.8 Å². The molecule has 0 radical (unpaired) electrons. The number of carbonyl (C=O) groups is 1. The molecular formula is C11H11FN4O. The molecule has 1 heterocycles. The maximum Gasteiger partial charge on any atom is 0.254 e. The zero-order valence-electron chi connectivity index (χ0n) is 8.90. The van der Waals surface area contributed by atoms with Gasteiger partial charge in [0.05, 0.1) is 11.8 Å². The summed E-state index contributed by atoms with van der Waals surface area (Å²) < 4.78 is 13.3. The fourth-order valence-electron chi connectivity index (χ4n) is 1.38. The maximum absolute atomic E-state index is 13.3. The van der Waals surface area contributed by atoms with E-state index in [0.29, 0.717) is 11.4 Å². The average Bonchev–Trinajstić information content (AvgIpc) is 2.72. The normalized spacial score (nSPS) is 10.2. The number of carbonyl (C=O) groups excluding carboxylic acids is 1. The number of rotatable bonds is 3. The molecule has 2 rings (SSSR count). The molecular weight excluding hydrogens is 223 g/mol. The molecule has 0 aliphatic heterocycles. The number of nitrogens with two attached hydrogens (primary N) is 1. The van der Waals surface area contributed by atoms with E-state index in [1.54, 1.807) is 6.07 Å². The van der Waals surface area contributed by atoms with E-state index in [2.05, 4.69) is 15.5 Å². The van der Waals surface area contributed by atoms with Gasteiger partial charge in [-0.1, -0.05) is 12.1 Å². The molecule has 2 aromatic rings. The van der Waals surface area contributed by atoms with Gasteiger partial charge in [-0.3, -0.25) is 9.89 Å². The van der Waals surface area contributed by atoms with Crippen molar-refractivity contribution in [3.05, 3.63) is 47.4 Å². The number of anilines is 1. The fraction of sp³-hybridized carbons (Fsp3) is 0.0909. The average molecular weight is 234 g/mol. The predicted octanol–water partition coefficient (Wildman–Crippen LogP) is 1.06. The minimum Gasteiger partial charge on any atom is -0.384 e. The second-order valence-corrected chi connectivity index (χ2v) is 3.47. The number of nitrogens with one attached hydrogen (secondary N) is 2. The van der Waals surface area contributed by atoms with Gasteiger partial charge in [0.1, 0.15) is 11.6 Å². The molecule has 0 spiro atoms. The Morgan fingerprint density at radius 2 is 2.24 bits per heavy atom. The van der Waals surface area contributed by atoms with E-state index in [4.69, 9.17) is 5.73 Å². The second kappa shape index (κ2) is 4.65. The number of amides is 1. The van der Waals surface area contributed by atoms with Gasteiger partial charge in [0.15, 0.2) is 0 Å². The summed E-state index contributed by atoms with van der Waals surface area (Å²) in [5.41, 5.74) is 6.22. The van der Waals surface area contributed by atoms with Gasteiger partial charge in [-0.25, -0.2) is 4.39 Å². The predicted molar refractivity (Wildman–Crippen MR) is 60.6 cm³/mol. The Balaban J connectivity index is 2.04. The van der Waals surface area contributed by atoms with Gasteiger partial charge in [-0.05, 0) is 12.1 Å². The van der Waals surface area contributed by atoms with Crippen molar-refractivity contribution in [3.8, 4) is 0 Å². The molecule has 0 saturated carbocycles. The van der Waals surface area contributed by atoms with Crippen LogP contribution in [0.2, 0.25) is 0 Å². The Morgan fingerprint density at radius 1 is 1.47 bits per heavy atom. The van der Waals surface area contributed by atoms with Gasteiger partial charge in [-0.15, -0.1) is 0 Å². The summed E-state index contributed by atoms with van der Waals surface area (Å²) in [5, 5.41) is 8.82. The fourth-order valence-corrected chi connectivity index (χ4v) is 1.38. The van der Waals surface area contributed by atoms with Crippen molar-refractivity contribution >= 4 is 11.7 Å². The lowest BCUT2D eigenvalue weighted by molar-refractivity contribution is 0.0947. The van der Waals surface area contributed by atoms with Crippen LogP contribution in [-0.4, -0.2) is 16.1 Å². The van der Waals surface area contributed by atoms with E-state index in [0.717, 1.165) is 0 Å². The van der Waals surface area contributed by atoms with Gasteiger partial charge in [0.2, 0.25) is 0 Å². The standard InChI is InChI=1S/C11H11FN4O/c12-9-4-2-1-3-8(9)11(17)14-5-7-6-15-16-10(7)13/h1-4,6H,5H2,(H,14,17)(H3,13,15,16). The molecule has 0 bridgehead atoms. The molecule has 0 saturated heterocycles. The van der Waals surface area contributed by atoms with E-state index in [9.17, 15) is 9.18 Å². The quantitative estimate of drug-likeness (QED) is 0.742. The highest BCUT2D eigenvalue weighted by Crippen LogP contribution is 2.08. The van der Waals surface area contributed by atoms with Gasteiger partial charge < -0.3 is 11.1 Å². The van der Waals surface area contributed by atoms with Crippen LogP contribution >= 0.6 is 0 Å². The summed E-state index contributed by atoms with van der Waals surface area (Å²) >= 11 is 0. The van der Waals surface area contributed by atoms with Crippen LogP contribution in [0.5, 0.6) is 0 Å². The Hall–Kier alpha value is -2.37. The van der Waals surface area contributed by atoms with Crippen LogP contribution < -0.4 is 11.1 Å². The first-order valence-electron chi connectivity index (χ1n) is 4.99. The molecule has 0 unspecified atom stereocenters. The summed E-state index contributed by atoms with van der Waals surface area (Å²) in [6.07, 6.45) is 1.51. The Bertz CT molecular complexity index is 538. The molecule has 4 N–H and O–H groups in total. The van der Waals surface area contributed by atoms with Gasteiger partial charge in [0, 0.05) is 12.1 Å². The lowest BCUT2D eigenvalue weighted by atomic mass is 10.2. The first kappa shape index (κ1) is 11.1. The molecule has 88 valence electrons. The van der Waals surface area contributed by atoms with Gasteiger partial charge in [-0.2, -0.15) is 5.10 Å². The van der Waals surface area contributed by atoms with Gasteiger partial charge >= 0.3 is 0 Å². The third-order valence-corrected chi connectivity index (χ3v) is 2.31. The summed E-state index contributed by atoms with van der Waals surface area (Å²) in [4.78, 5) is 11.6. The number of benzene rings is 1. The third-order valence-electron chi connectivity index (χ3n) is 2.31. The Kier molecular flexibility index (Phi) is 3.04. The van der Waals surface area contributed by atoms with Crippen molar-refractivity contribution in [2.75, 3.05) is 5.73 Å². The highest BCUT2D eigenvalue weighted by molar-refractivity contribution is 5.94. The van der Waals surface area contributed by atoms with E-state index in [1.165, 1.54) is 24.4 Å². The molecule has 0 atom stereocenters. The molecule has 0 aliphatic rings. The highest BCUT2D eigenvalue weighted by atomic mass is 19.1. The minimum absolute atomic E-state index is 0.00886. The molecule has 17 heavy (non-hydrogen) atoms. The van der Waals surface area contributed by atoms with Crippen molar-refractivity contribution in [3.63, 3.8) is 0 Å². The van der Waals surface area contributed by atoms with E-state index in [-0.39, 0.29) is 12.1 Å². The van der Waals surface area contributed by atoms with E-state index >= 15 is 0 Å². The van der Waals surface area contributed by atoms with Crippen LogP contribution in [0.1, 0.15) is 15.9 Å². The SMILES string of the molecule is Nc1[nH]ncc1CNC(=O)c1ccccc1F. The van der Waals surface area contributed by atoms with E-state index in [1.807, 2.05) is 0 Å². The van der Waals surface area contributed by atoms with Crippen molar-refractivity contribution in [1.82, 2.24) is 15.5 Å². The molecule has 5 nitrogen and oxygen atoms in total. The second-order valence-electron chi connectivity index (χ2n) is 3.47. The lowest BCUT2D eigenvalue weighted by Gasteiger charge is -2.04. The zero-order valence-corrected chi connectivity index (χ0v) is 8.90. The van der Waals surface area contributed by atoms with E-state index < -0.39 is 11.7 Å². The number of aromatic amines is 1. The van der Waals surface area contributed by atoms with Crippen molar-refractivity contribution in [1.29, 1.82) is 0 Å². The van der Waals surface area contributed by atoms with Crippen LogP contribution in [0, 0.1) is 5.82 Å². The molecule has 0 aliphatic carbocycles. The van der Waals surface area contributed by atoms with Crippen LogP contribution in [0.4, 0.5) is 10.2 Å². The summed E-state index contributed by atoms with van der Waals surface area (Å²) in [6, 6.07) is 5.79. The molecule has 1 aromatic heterocycles. The topological polar surface area (TPSA) is 83.8 Å². The van der Waals surface area contributed by atoms with Gasteiger partial charge in [0.25, 0.3) is 5.91 Å². The number of hydrogen-bond acceptors (Lipinski definition) is 3. The summed E-state index contributed by atoms with van der Waals surface area (Å²) in [6.45, 7) is 0.204. The minimum atomic E-state index is -0.551. The number of H-pyrrole nitrogens is 1. The number of hydrogen-bond donors (Lipinski definition) is 3. The highest BCUT2D eigenvalue weighted by Gasteiger charge is 2.11. The molecule has 1 aromatic carbocycles. The zero-order chi connectivity index (χ0) is 12.3. The monoisotopic (exact) mass is 234 g/mol. The summed E-state index contributed by atoms with van der Waals surface area (Å²) in [7, 11) is 0. The first-order chi connectivity index (χ1) is 8.18. The molecule has 1 amide bonds. The summed E-state index contributed by atoms with van der Waals surface area (Å²) in [5.74, 6) is -0.646. The van der Waals surface area contributed by atoms with Crippen LogP contribution in [0.3, 0.4) is 0 Å². The number of nitrogens with zero attached hydrogens (tertiary/aromatic N) is 1. The number of aromatic nitrogens is 2.